The van der Waals surface area contributed by atoms with Crippen LogP contribution in [0.5, 0.6) is 0 Å². The van der Waals surface area contributed by atoms with Crippen molar-refractivity contribution in [3.05, 3.63) is 29.3 Å². The summed E-state index contributed by atoms with van der Waals surface area (Å²) in [5.41, 5.74) is 7.69. The van der Waals surface area contributed by atoms with E-state index in [4.69, 9.17) is 10.5 Å². The number of nitrogens with two attached hydrogens (primary N) is 1. The van der Waals surface area contributed by atoms with E-state index in [9.17, 15) is 4.79 Å². The van der Waals surface area contributed by atoms with Crippen LogP contribution in [0.3, 0.4) is 0 Å². The molecule has 1 aromatic rings. The zero-order valence-corrected chi connectivity index (χ0v) is 11.2. The number of hydrogen-bond donors (Lipinski definition) is 1. The van der Waals surface area contributed by atoms with Crippen molar-refractivity contribution in [1.82, 2.24) is 0 Å². The van der Waals surface area contributed by atoms with Gasteiger partial charge in [0.1, 0.15) is 0 Å². The maximum Gasteiger partial charge on any atom is 0.338 e. The number of ether oxygens (including phenoxy) is 1. The molecule has 0 spiro atoms. The SMILES string of the molecule is CCSCCCOC(=O)c1cc(N)ccc1C. The minimum atomic E-state index is -0.281. The first kappa shape index (κ1) is 13.9. The molecule has 4 heteroatoms. The number of benzene rings is 1. The van der Waals surface area contributed by atoms with Crippen molar-refractivity contribution in [3.63, 3.8) is 0 Å². The average Bonchev–Trinajstić information content (AvgIpc) is 2.32. The van der Waals surface area contributed by atoms with Gasteiger partial charge in [0.05, 0.1) is 12.2 Å². The average molecular weight is 253 g/mol. The Morgan fingerprint density at radius 3 is 2.94 bits per heavy atom. The number of anilines is 1. The summed E-state index contributed by atoms with van der Waals surface area (Å²) in [6.45, 7) is 4.47. The predicted molar refractivity (Wildman–Crippen MR) is 73.5 cm³/mol. The Morgan fingerprint density at radius 2 is 2.24 bits per heavy atom. The molecule has 0 aliphatic carbocycles. The normalized spacial score (nSPS) is 10.2. The van der Waals surface area contributed by atoms with E-state index >= 15 is 0 Å². The highest BCUT2D eigenvalue weighted by molar-refractivity contribution is 7.99. The summed E-state index contributed by atoms with van der Waals surface area (Å²) in [5.74, 6) is 1.85. The number of carbonyl (C=O) groups excluding carboxylic acids is 1. The number of rotatable bonds is 6. The number of thioether (sulfide) groups is 1. The topological polar surface area (TPSA) is 52.3 Å². The molecule has 0 heterocycles. The molecule has 94 valence electrons. The summed E-state index contributed by atoms with van der Waals surface area (Å²) in [5, 5.41) is 0. The van der Waals surface area contributed by atoms with Crippen LogP contribution in [-0.4, -0.2) is 24.1 Å². The number of esters is 1. The minimum absolute atomic E-state index is 0.281. The maximum absolute atomic E-state index is 11.8. The Bertz CT molecular complexity index is 380. The molecule has 0 saturated carbocycles. The fourth-order valence-corrected chi connectivity index (χ4v) is 2.02. The van der Waals surface area contributed by atoms with Crippen molar-refractivity contribution in [2.75, 3.05) is 23.8 Å². The van der Waals surface area contributed by atoms with Crippen molar-refractivity contribution in [2.45, 2.75) is 20.3 Å². The predicted octanol–water partition coefficient (Wildman–Crippen LogP) is 2.88. The molecule has 0 radical (unpaired) electrons. The van der Waals surface area contributed by atoms with Gasteiger partial charge in [0, 0.05) is 5.69 Å². The van der Waals surface area contributed by atoms with Crippen LogP contribution in [0.1, 0.15) is 29.3 Å². The van der Waals surface area contributed by atoms with Gasteiger partial charge < -0.3 is 10.5 Å². The van der Waals surface area contributed by atoms with Gasteiger partial charge in [-0.15, -0.1) is 0 Å². The summed E-state index contributed by atoms with van der Waals surface area (Å²) in [4.78, 5) is 11.8. The molecular weight excluding hydrogens is 234 g/mol. The quantitative estimate of drug-likeness (QED) is 0.481. The Morgan fingerprint density at radius 1 is 1.47 bits per heavy atom. The Balaban J connectivity index is 2.44. The van der Waals surface area contributed by atoms with Gasteiger partial charge in [-0.05, 0) is 42.5 Å². The fourth-order valence-electron chi connectivity index (χ4n) is 1.41. The van der Waals surface area contributed by atoms with Gasteiger partial charge in [0.25, 0.3) is 0 Å². The molecule has 1 aromatic carbocycles. The summed E-state index contributed by atoms with van der Waals surface area (Å²) in [7, 11) is 0. The van der Waals surface area contributed by atoms with Crippen LogP contribution < -0.4 is 5.73 Å². The third kappa shape index (κ3) is 4.69. The van der Waals surface area contributed by atoms with Gasteiger partial charge in [-0.3, -0.25) is 0 Å². The van der Waals surface area contributed by atoms with Crippen LogP contribution >= 0.6 is 11.8 Å². The lowest BCUT2D eigenvalue weighted by Gasteiger charge is -2.07. The monoisotopic (exact) mass is 253 g/mol. The molecule has 0 fully saturated rings. The molecule has 0 bridgehead atoms. The minimum Gasteiger partial charge on any atom is -0.462 e. The molecule has 0 saturated heterocycles. The van der Waals surface area contributed by atoms with E-state index < -0.39 is 0 Å². The molecule has 1 rings (SSSR count). The molecule has 0 unspecified atom stereocenters. The van der Waals surface area contributed by atoms with Gasteiger partial charge in [-0.25, -0.2) is 4.79 Å². The Labute approximate surface area is 107 Å². The third-order valence-corrected chi connectivity index (χ3v) is 3.34. The van der Waals surface area contributed by atoms with E-state index in [1.54, 1.807) is 12.1 Å². The van der Waals surface area contributed by atoms with E-state index in [1.807, 2.05) is 24.8 Å². The van der Waals surface area contributed by atoms with Gasteiger partial charge in [-0.2, -0.15) is 11.8 Å². The number of carbonyl (C=O) groups is 1. The molecule has 3 nitrogen and oxygen atoms in total. The first-order chi connectivity index (χ1) is 8.15. The number of nitrogen functional groups attached to an aromatic ring is 1. The molecule has 0 atom stereocenters. The van der Waals surface area contributed by atoms with Crippen LogP contribution in [-0.2, 0) is 4.74 Å². The van der Waals surface area contributed by atoms with Crippen molar-refractivity contribution in [3.8, 4) is 0 Å². The molecule has 17 heavy (non-hydrogen) atoms. The largest absolute Gasteiger partial charge is 0.462 e. The first-order valence-electron chi connectivity index (χ1n) is 5.76. The zero-order valence-electron chi connectivity index (χ0n) is 10.4. The Hall–Kier alpha value is -1.16. The van der Waals surface area contributed by atoms with Crippen LogP contribution in [0.15, 0.2) is 18.2 Å². The standard InChI is InChI=1S/C13H19NO2S/c1-3-17-8-4-7-16-13(15)12-9-11(14)6-5-10(12)2/h5-6,9H,3-4,7-8,14H2,1-2H3. The lowest BCUT2D eigenvalue weighted by Crippen LogP contribution is -2.09. The Kier molecular flexibility index (Phi) is 5.91. The number of aryl methyl sites for hydroxylation is 1. The summed E-state index contributed by atoms with van der Waals surface area (Å²) in [6, 6.07) is 5.28. The molecule has 2 N–H and O–H groups in total. The van der Waals surface area contributed by atoms with E-state index in [1.165, 1.54) is 0 Å². The zero-order chi connectivity index (χ0) is 12.7. The molecule has 0 aliphatic heterocycles. The van der Waals surface area contributed by atoms with Gasteiger partial charge in [0.15, 0.2) is 0 Å². The van der Waals surface area contributed by atoms with Crippen LogP contribution in [0, 0.1) is 6.92 Å². The van der Waals surface area contributed by atoms with Crippen LogP contribution in [0.2, 0.25) is 0 Å². The second kappa shape index (κ2) is 7.22. The molecule has 0 amide bonds. The van der Waals surface area contributed by atoms with Crippen molar-refractivity contribution >= 4 is 23.4 Å². The fraction of sp³-hybridized carbons (Fsp3) is 0.462. The summed E-state index contributed by atoms with van der Waals surface area (Å²) < 4.78 is 5.20. The highest BCUT2D eigenvalue weighted by Gasteiger charge is 2.10. The van der Waals surface area contributed by atoms with Crippen molar-refractivity contribution in [2.24, 2.45) is 0 Å². The van der Waals surface area contributed by atoms with Gasteiger partial charge in [0.2, 0.25) is 0 Å². The van der Waals surface area contributed by atoms with E-state index in [0.29, 0.717) is 17.9 Å². The molecule has 0 aliphatic rings. The van der Waals surface area contributed by atoms with Crippen molar-refractivity contribution < 1.29 is 9.53 Å². The third-order valence-electron chi connectivity index (χ3n) is 2.35. The van der Waals surface area contributed by atoms with Crippen LogP contribution in [0.4, 0.5) is 5.69 Å². The van der Waals surface area contributed by atoms with Gasteiger partial charge in [-0.1, -0.05) is 13.0 Å². The first-order valence-corrected chi connectivity index (χ1v) is 6.91. The van der Waals surface area contributed by atoms with E-state index in [0.717, 1.165) is 23.5 Å². The van der Waals surface area contributed by atoms with Gasteiger partial charge >= 0.3 is 5.97 Å². The van der Waals surface area contributed by atoms with Crippen LogP contribution in [0.25, 0.3) is 0 Å². The number of hydrogen-bond acceptors (Lipinski definition) is 4. The molecule has 0 aromatic heterocycles. The highest BCUT2D eigenvalue weighted by Crippen LogP contribution is 2.14. The maximum atomic E-state index is 11.8. The highest BCUT2D eigenvalue weighted by atomic mass is 32.2. The second-order valence-corrected chi connectivity index (χ2v) is 5.15. The lowest BCUT2D eigenvalue weighted by molar-refractivity contribution is 0.0505. The summed E-state index contributed by atoms with van der Waals surface area (Å²) >= 11 is 1.85. The smallest absolute Gasteiger partial charge is 0.338 e. The lowest BCUT2D eigenvalue weighted by atomic mass is 10.1. The summed E-state index contributed by atoms with van der Waals surface area (Å²) in [6.07, 6.45) is 0.894. The van der Waals surface area contributed by atoms with Crippen molar-refractivity contribution in [1.29, 1.82) is 0 Å². The van der Waals surface area contributed by atoms with E-state index in [2.05, 4.69) is 6.92 Å². The van der Waals surface area contributed by atoms with E-state index in [-0.39, 0.29) is 5.97 Å². The molecular formula is C13H19NO2S. The second-order valence-electron chi connectivity index (χ2n) is 3.76.